The van der Waals surface area contributed by atoms with Crippen molar-refractivity contribution in [3.63, 3.8) is 0 Å². The van der Waals surface area contributed by atoms with Crippen LogP contribution in [0.2, 0.25) is 5.02 Å². The number of hydrogen-bond donors (Lipinski definition) is 2. The molecule has 26 heavy (non-hydrogen) atoms. The van der Waals surface area contributed by atoms with Crippen LogP contribution in [0, 0.1) is 12.7 Å². The lowest BCUT2D eigenvalue weighted by atomic mass is 9.92. The van der Waals surface area contributed by atoms with Crippen LogP contribution in [0.15, 0.2) is 41.3 Å². The third-order valence-corrected chi connectivity index (χ3v) is 6.66. The van der Waals surface area contributed by atoms with Crippen LogP contribution in [-0.2, 0) is 22.9 Å². The van der Waals surface area contributed by atoms with E-state index in [1.54, 1.807) is 6.92 Å². The third kappa shape index (κ3) is 3.13. The molecule has 1 heterocycles. The number of hydrogen-bond acceptors (Lipinski definition) is 2. The Morgan fingerprint density at radius 1 is 1.23 bits per heavy atom. The third-order valence-electron chi connectivity index (χ3n) is 4.91. The molecule has 0 amide bonds. The Morgan fingerprint density at radius 3 is 2.81 bits per heavy atom. The van der Waals surface area contributed by atoms with Crippen molar-refractivity contribution in [1.29, 1.82) is 0 Å². The van der Waals surface area contributed by atoms with Crippen LogP contribution in [0.25, 0.3) is 10.9 Å². The molecule has 2 N–H and O–H groups in total. The van der Waals surface area contributed by atoms with E-state index >= 15 is 0 Å². The molecule has 0 fully saturated rings. The Kier molecular flexibility index (Phi) is 4.29. The number of benzene rings is 2. The van der Waals surface area contributed by atoms with E-state index in [1.165, 1.54) is 18.2 Å². The minimum Gasteiger partial charge on any atom is -0.358 e. The van der Waals surface area contributed by atoms with Crippen LogP contribution in [0.4, 0.5) is 4.39 Å². The average Bonchev–Trinajstić information content (AvgIpc) is 2.94. The Morgan fingerprint density at radius 2 is 2.04 bits per heavy atom. The minimum atomic E-state index is -3.70. The van der Waals surface area contributed by atoms with E-state index in [-0.39, 0.29) is 10.9 Å². The Bertz CT molecular complexity index is 1110. The second-order valence-electron chi connectivity index (χ2n) is 6.74. The van der Waals surface area contributed by atoms with Crippen LogP contribution in [-0.4, -0.2) is 19.4 Å². The summed E-state index contributed by atoms with van der Waals surface area (Å²) >= 11 is 6.11. The van der Waals surface area contributed by atoms with Gasteiger partial charge in [-0.1, -0.05) is 11.6 Å². The van der Waals surface area contributed by atoms with Gasteiger partial charge in [0.1, 0.15) is 5.82 Å². The van der Waals surface area contributed by atoms with E-state index in [0.29, 0.717) is 23.4 Å². The van der Waals surface area contributed by atoms with Crippen molar-refractivity contribution in [3.05, 3.63) is 64.1 Å². The minimum absolute atomic E-state index is 0.0872. The van der Waals surface area contributed by atoms with Crippen molar-refractivity contribution in [2.24, 2.45) is 0 Å². The predicted octanol–water partition coefficient (Wildman–Crippen LogP) is 4.10. The smallest absolute Gasteiger partial charge is 0.240 e. The number of rotatable bonds is 3. The molecule has 4 nitrogen and oxygen atoms in total. The predicted molar refractivity (Wildman–Crippen MR) is 101 cm³/mol. The quantitative estimate of drug-likeness (QED) is 0.704. The van der Waals surface area contributed by atoms with E-state index in [0.717, 1.165) is 28.6 Å². The molecule has 1 aliphatic carbocycles. The summed E-state index contributed by atoms with van der Waals surface area (Å²) < 4.78 is 41.5. The molecule has 1 aliphatic rings. The van der Waals surface area contributed by atoms with Crippen molar-refractivity contribution in [2.45, 2.75) is 37.1 Å². The summed E-state index contributed by atoms with van der Waals surface area (Å²) in [5, 5.41) is 1.69. The average molecular weight is 393 g/mol. The van der Waals surface area contributed by atoms with E-state index in [9.17, 15) is 12.8 Å². The largest absolute Gasteiger partial charge is 0.358 e. The summed E-state index contributed by atoms with van der Waals surface area (Å²) in [5.41, 5.74) is 3.56. The monoisotopic (exact) mass is 392 g/mol. The van der Waals surface area contributed by atoms with Crippen LogP contribution in [0.3, 0.4) is 0 Å². The van der Waals surface area contributed by atoms with Crippen LogP contribution < -0.4 is 4.72 Å². The molecule has 1 atom stereocenters. The number of aryl methyl sites for hydroxylation is 2. The number of aromatic nitrogens is 1. The van der Waals surface area contributed by atoms with E-state index < -0.39 is 15.8 Å². The number of sulfonamides is 1. The van der Waals surface area contributed by atoms with E-state index in [2.05, 4.69) is 9.71 Å². The van der Waals surface area contributed by atoms with Crippen molar-refractivity contribution < 1.29 is 12.8 Å². The highest BCUT2D eigenvalue weighted by molar-refractivity contribution is 7.89. The molecule has 0 saturated heterocycles. The molecule has 3 aromatic rings. The molecule has 0 radical (unpaired) electrons. The highest BCUT2D eigenvalue weighted by atomic mass is 35.5. The molecule has 0 aliphatic heterocycles. The molecule has 0 saturated carbocycles. The molecule has 0 bridgehead atoms. The van der Waals surface area contributed by atoms with Gasteiger partial charge in [-0.2, -0.15) is 0 Å². The van der Waals surface area contributed by atoms with Crippen LogP contribution >= 0.6 is 11.6 Å². The maximum Gasteiger partial charge on any atom is 0.240 e. The van der Waals surface area contributed by atoms with Gasteiger partial charge in [-0.15, -0.1) is 0 Å². The molecule has 136 valence electrons. The molecule has 0 spiro atoms. The van der Waals surface area contributed by atoms with Gasteiger partial charge >= 0.3 is 0 Å². The summed E-state index contributed by atoms with van der Waals surface area (Å²) in [6.07, 6.45) is 2.05. The van der Waals surface area contributed by atoms with Gasteiger partial charge in [-0.05, 0) is 73.7 Å². The number of fused-ring (bicyclic) bond motifs is 3. The molecule has 7 heteroatoms. The number of aromatic amines is 1. The zero-order chi connectivity index (χ0) is 18.5. The van der Waals surface area contributed by atoms with E-state index in [4.69, 9.17) is 11.6 Å². The topological polar surface area (TPSA) is 62.0 Å². The fourth-order valence-corrected chi connectivity index (χ4v) is 5.09. The summed E-state index contributed by atoms with van der Waals surface area (Å²) in [6.45, 7) is 1.55. The SMILES string of the molecule is Cc1cc(S(=O)(=O)NC2CCc3[nH]c4ccc(Cl)cc4c3C2)ccc1F. The molecule has 4 rings (SSSR count). The first-order valence-electron chi connectivity index (χ1n) is 8.41. The summed E-state index contributed by atoms with van der Waals surface area (Å²) in [6, 6.07) is 9.31. The van der Waals surface area contributed by atoms with Crippen molar-refractivity contribution >= 4 is 32.5 Å². The second-order valence-corrected chi connectivity index (χ2v) is 8.89. The lowest BCUT2D eigenvalue weighted by Crippen LogP contribution is -2.38. The van der Waals surface area contributed by atoms with Gasteiger partial charge in [0.25, 0.3) is 0 Å². The fraction of sp³-hybridized carbons (Fsp3) is 0.263. The van der Waals surface area contributed by atoms with Gasteiger partial charge in [0.15, 0.2) is 0 Å². The maximum atomic E-state index is 13.4. The zero-order valence-electron chi connectivity index (χ0n) is 14.1. The first-order valence-corrected chi connectivity index (χ1v) is 10.3. The summed E-state index contributed by atoms with van der Waals surface area (Å²) in [7, 11) is -3.70. The van der Waals surface area contributed by atoms with Gasteiger partial charge in [-0.3, -0.25) is 0 Å². The molecular weight excluding hydrogens is 375 g/mol. The lowest BCUT2D eigenvalue weighted by Gasteiger charge is -2.23. The number of nitrogens with one attached hydrogen (secondary N) is 2. The van der Waals surface area contributed by atoms with Crippen molar-refractivity contribution in [2.75, 3.05) is 0 Å². The molecule has 1 aromatic heterocycles. The Labute approximate surface area is 156 Å². The Balaban J connectivity index is 1.61. The van der Waals surface area contributed by atoms with Crippen LogP contribution in [0.1, 0.15) is 23.2 Å². The van der Waals surface area contributed by atoms with Gasteiger partial charge in [-0.25, -0.2) is 17.5 Å². The van der Waals surface area contributed by atoms with Gasteiger partial charge in [0.2, 0.25) is 10.0 Å². The summed E-state index contributed by atoms with van der Waals surface area (Å²) in [4.78, 5) is 3.48. The number of H-pyrrole nitrogens is 1. The Hall–Kier alpha value is -1.89. The van der Waals surface area contributed by atoms with Gasteiger partial charge in [0, 0.05) is 27.7 Å². The highest BCUT2D eigenvalue weighted by Crippen LogP contribution is 2.31. The van der Waals surface area contributed by atoms with Gasteiger partial charge in [0.05, 0.1) is 4.90 Å². The maximum absolute atomic E-state index is 13.4. The number of halogens is 2. The second kappa shape index (κ2) is 6.37. The molecular formula is C19H18ClFN2O2S. The van der Waals surface area contributed by atoms with Crippen molar-refractivity contribution in [3.8, 4) is 0 Å². The van der Waals surface area contributed by atoms with Crippen LogP contribution in [0.5, 0.6) is 0 Å². The lowest BCUT2D eigenvalue weighted by molar-refractivity contribution is 0.506. The van der Waals surface area contributed by atoms with E-state index in [1.807, 2.05) is 18.2 Å². The highest BCUT2D eigenvalue weighted by Gasteiger charge is 2.27. The normalized spacial score (nSPS) is 17.4. The standard InChI is InChI=1S/C19H18ClFN2O2S/c1-11-8-14(4-5-17(11)21)26(24,25)23-13-3-7-19-16(10-13)15-9-12(20)2-6-18(15)22-19/h2,4-6,8-9,13,22-23H,3,7,10H2,1H3. The summed E-state index contributed by atoms with van der Waals surface area (Å²) in [5.74, 6) is -0.415. The van der Waals surface area contributed by atoms with Crippen molar-refractivity contribution in [1.82, 2.24) is 9.71 Å². The first kappa shape index (κ1) is 17.5. The van der Waals surface area contributed by atoms with Gasteiger partial charge < -0.3 is 4.98 Å². The molecule has 1 unspecified atom stereocenters. The fourth-order valence-electron chi connectivity index (χ4n) is 3.56. The first-order chi connectivity index (χ1) is 12.3. The zero-order valence-corrected chi connectivity index (χ0v) is 15.7. The molecule has 2 aromatic carbocycles.